The van der Waals surface area contributed by atoms with Crippen LogP contribution < -0.4 is 0 Å². The van der Waals surface area contributed by atoms with Crippen molar-refractivity contribution in [2.45, 2.75) is 17.1 Å². The Labute approximate surface area is 166 Å². The molecular weight excluding hydrogens is 404 g/mol. The van der Waals surface area contributed by atoms with E-state index in [1.807, 2.05) is 0 Å². The van der Waals surface area contributed by atoms with Gasteiger partial charge in [0.05, 0.1) is 11.1 Å². The van der Waals surface area contributed by atoms with E-state index in [9.17, 15) is 22.8 Å². The highest BCUT2D eigenvalue weighted by Gasteiger charge is 2.35. The Morgan fingerprint density at radius 2 is 1.75 bits per heavy atom. The molecule has 0 aliphatic carbocycles. The molecule has 10 heteroatoms. The Morgan fingerprint density at radius 1 is 1.11 bits per heavy atom. The van der Waals surface area contributed by atoms with Crippen LogP contribution >= 0.6 is 11.3 Å². The Kier molecular flexibility index (Phi) is 5.92. The zero-order valence-electron chi connectivity index (χ0n) is 15.0. The van der Waals surface area contributed by atoms with E-state index in [4.69, 9.17) is 4.74 Å². The van der Waals surface area contributed by atoms with Gasteiger partial charge >= 0.3 is 5.97 Å². The van der Waals surface area contributed by atoms with Gasteiger partial charge in [-0.2, -0.15) is 0 Å². The first-order valence-corrected chi connectivity index (χ1v) is 10.7. The van der Waals surface area contributed by atoms with Crippen molar-refractivity contribution in [2.24, 2.45) is 0 Å². The van der Waals surface area contributed by atoms with Gasteiger partial charge in [-0.25, -0.2) is 17.6 Å². The van der Waals surface area contributed by atoms with Gasteiger partial charge in [-0.1, -0.05) is 18.2 Å². The first-order valence-electron chi connectivity index (χ1n) is 8.43. The van der Waals surface area contributed by atoms with Crippen LogP contribution in [-0.4, -0.2) is 55.7 Å². The third-order valence-corrected chi connectivity index (χ3v) is 7.48. The van der Waals surface area contributed by atoms with E-state index < -0.39 is 34.5 Å². The van der Waals surface area contributed by atoms with Gasteiger partial charge in [0.25, 0.3) is 21.8 Å². The van der Waals surface area contributed by atoms with Gasteiger partial charge in [0.1, 0.15) is 4.21 Å². The maximum Gasteiger partial charge on any atom is 0.307 e. The quantitative estimate of drug-likeness (QED) is 0.476. The fourth-order valence-electron chi connectivity index (χ4n) is 2.70. The number of carbonyl (C=O) groups excluding carboxylic acids is 3. The van der Waals surface area contributed by atoms with Crippen LogP contribution in [0.25, 0.3) is 0 Å². The van der Waals surface area contributed by atoms with E-state index in [0.717, 1.165) is 16.2 Å². The third-order valence-electron chi connectivity index (χ3n) is 4.25. The summed E-state index contributed by atoms with van der Waals surface area (Å²) >= 11 is 1.12. The predicted molar refractivity (Wildman–Crippen MR) is 101 cm³/mol. The van der Waals surface area contributed by atoms with Crippen LogP contribution in [0.15, 0.2) is 46.0 Å². The molecule has 0 saturated carbocycles. The first kappa shape index (κ1) is 20.2. The second-order valence-corrected chi connectivity index (χ2v) is 9.31. The van der Waals surface area contributed by atoms with Crippen LogP contribution in [-0.2, 0) is 19.6 Å². The fraction of sp³-hybridized carbons (Fsp3) is 0.278. The summed E-state index contributed by atoms with van der Waals surface area (Å²) in [7, 11) is -2.12. The second-order valence-electron chi connectivity index (χ2n) is 6.09. The Balaban J connectivity index is 1.46. The molecule has 28 heavy (non-hydrogen) atoms. The van der Waals surface area contributed by atoms with Gasteiger partial charge in [0, 0.05) is 20.0 Å². The number of carbonyl (C=O) groups is 3. The number of hydrogen-bond acceptors (Lipinski definition) is 7. The normalized spacial score (nSPS) is 13.9. The van der Waals surface area contributed by atoms with Gasteiger partial charge in [-0.05, 0) is 30.0 Å². The number of rotatable bonds is 8. The van der Waals surface area contributed by atoms with E-state index >= 15 is 0 Å². The molecule has 0 spiro atoms. The summed E-state index contributed by atoms with van der Waals surface area (Å²) in [6, 6.07) is 9.57. The molecule has 0 radical (unpaired) electrons. The summed E-state index contributed by atoms with van der Waals surface area (Å²) in [6.07, 6.45) is 0.218. The third kappa shape index (κ3) is 3.98. The summed E-state index contributed by atoms with van der Waals surface area (Å²) in [4.78, 5) is 37.2. The lowest BCUT2D eigenvalue weighted by Gasteiger charge is -2.16. The van der Waals surface area contributed by atoms with Crippen molar-refractivity contribution in [2.75, 3.05) is 20.3 Å². The average molecular weight is 422 g/mol. The van der Waals surface area contributed by atoms with E-state index in [1.165, 1.54) is 17.4 Å². The highest BCUT2D eigenvalue weighted by Crippen LogP contribution is 2.22. The topological polar surface area (TPSA) is 101 Å². The molecule has 0 fully saturated rings. The lowest BCUT2D eigenvalue weighted by molar-refractivity contribution is -0.146. The molecule has 0 atom stereocenters. The number of hydrogen-bond donors (Lipinski definition) is 0. The van der Waals surface area contributed by atoms with Gasteiger partial charge in [-0.15, -0.1) is 11.3 Å². The SMILES string of the molecule is CN(CCCC(=O)OCN1C(=O)c2ccccc2C1=O)S(=O)(=O)c1cccs1. The van der Waals surface area contributed by atoms with Crippen molar-refractivity contribution in [3.8, 4) is 0 Å². The van der Waals surface area contributed by atoms with Crippen molar-refractivity contribution in [1.29, 1.82) is 0 Å². The van der Waals surface area contributed by atoms with Crippen molar-refractivity contribution < 1.29 is 27.5 Å². The minimum atomic E-state index is -3.56. The number of fused-ring (bicyclic) bond motifs is 1. The molecule has 0 bridgehead atoms. The smallest absolute Gasteiger partial charge is 0.307 e. The summed E-state index contributed by atoms with van der Waals surface area (Å²) in [5, 5.41) is 1.68. The van der Waals surface area contributed by atoms with Crippen LogP contribution in [0.1, 0.15) is 33.6 Å². The van der Waals surface area contributed by atoms with Crippen LogP contribution in [0.5, 0.6) is 0 Å². The lowest BCUT2D eigenvalue weighted by atomic mass is 10.1. The second kappa shape index (κ2) is 8.21. The van der Waals surface area contributed by atoms with Gasteiger partial charge in [0.2, 0.25) is 0 Å². The summed E-state index contributed by atoms with van der Waals surface area (Å²) in [5.74, 6) is -1.62. The molecule has 0 saturated heterocycles. The molecule has 3 rings (SSSR count). The van der Waals surface area contributed by atoms with Crippen molar-refractivity contribution in [3.05, 3.63) is 52.9 Å². The molecule has 0 N–H and O–H groups in total. The zero-order chi connectivity index (χ0) is 20.3. The zero-order valence-corrected chi connectivity index (χ0v) is 16.7. The fourth-order valence-corrected chi connectivity index (χ4v) is 5.11. The molecule has 1 aliphatic rings. The minimum Gasteiger partial charge on any atom is -0.444 e. The summed E-state index contributed by atoms with van der Waals surface area (Å²) in [6.45, 7) is -0.323. The molecule has 2 aromatic rings. The van der Waals surface area contributed by atoms with Crippen LogP contribution in [0.3, 0.4) is 0 Å². The van der Waals surface area contributed by atoms with E-state index in [-0.39, 0.29) is 34.7 Å². The predicted octanol–water partition coefficient (Wildman–Crippen LogP) is 1.95. The highest BCUT2D eigenvalue weighted by atomic mass is 32.2. The Bertz CT molecular complexity index is 966. The number of sulfonamides is 1. The van der Waals surface area contributed by atoms with Crippen LogP contribution in [0.2, 0.25) is 0 Å². The van der Waals surface area contributed by atoms with E-state index in [0.29, 0.717) is 0 Å². The number of amides is 2. The Morgan fingerprint density at radius 3 is 2.32 bits per heavy atom. The molecule has 148 valence electrons. The Hall–Kier alpha value is -2.56. The highest BCUT2D eigenvalue weighted by molar-refractivity contribution is 7.91. The number of nitrogens with zero attached hydrogens (tertiary/aromatic N) is 2. The molecule has 0 unspecified atom stereocenters. The van der Waals surface area contributed by atoms with Gasteiger partial charge in [-0.3, -0.25) is 14.4 Å². The standard InChI is InChI=1S/C18H18N2O6S2/c1-19(28(24,25)16-9-5-11-27-16)10-4-8-15(21)26-12-20-17(22)13-6-2-3-7-14(13)18(20)23/h2-3,5-7,9,11H,4,8,10,12H2,1H3. The van der Waals surface area contributed by atoms with Crippen molar-refractivity contribution in [1.82, 2.24) is 9.21 Å². The van der Waals surface area contributed by atoms with Crippen LogP contribution in [0.4, 0.5) is 0 Å². The van der Waals surface area contributed by atoms with Crippen molar-refractivity contribution in [3.63, 3.8) is 0 Å². The molecule has 8 nitrogen and oxygen atoms in total. The largest absolute Gasteiger partial charge is 0.444 e. The number of benzene rings is 1. The number of ether oxygens (including phenoxy) is 1. The number of thiophene rings is 1. The molecule has 1 aromatic heterocycles. The van der Waals surface area contributed by atoms with Crippen LogP contribution in [0, 0.1) is 0 Å². The number of imide groups is 1. The first-order chi connectivity index (χ1) is 13.3. The summed E-state index contributed by atoms with van der Waals surface area (Å²) in [5.41, 5.74) is 0.563. The lowest BCUT2D eigenvalue weighted by Crippen LogP contribution is -2.33. The van der Waals surface area contributed by atoms with Crippen molar-refractivity contribution >= 4 is 39.1 Å². The molecule has 1 aliphatic heterocycles. The maximum absolute atomic E-state index is 12.3. The molecule has 1 aromatic carbocycles. The van der Waals surface area contributed by atoms with E-state index in [2.05, 4.69) is 0 Å². The average Bonchev–Trinajstić information content (AvgIpc) is 3.30. The number of esters is 1. The minimum absolute atomic E-state index is 0.0343. The molecular formula is C18H18N2O6S2. The summed E-state index contributed by atoms with van der Waals surface area (Å²) < 4.78 is 31.0. The van der Waals surface area contributed by atoms with Gasteiger partial charge in [0.15, 0.2) is 6.73 Å². The molecule has 2 heterocycles. The van der Waals surface area contributed by atoms with E-state index in [1.54, 1.807) is 35.7 Å². The maximum atomic E-state index is 12.3. The van der Waals surface area contributed by atoms with Gasteiger partial charge < -0.3 is 4.74 Å². The molecule has 2 amide bonds. The monoisotopic (exact) mass is 422 g/mol.